The zero-order valence-electron chi connectivity index (χ0n) is 9.88. The van der Waals surface area contributed by atoms with Crippen LogP contribution in [0.2, 0.25) is 0 Å². The summed E-state index contributed by atoms with van der Waals surface area (Å²) in [7, 11) is 0. The maximum Gasteiger partial charge on any atom is 0.490 e. The normalized spacial score (nSPS) is 14.8. The third-order valence-corrected chi connectivity index (χ3v) is 2.17. The smallest absolute Gasteiger partial charge is 0.485 e. The number of hydrogen-bond donors (Lipinski definition) is 2. The van der Waals surface area contributed by atoms with Gasteiger partial charge in [0.15, 0.2) is 11.6 Å². The highest BCUT2D eigenvalue weighted by Gasteiger charge is 2.38. The lowest BCUT2D eigenvalue weighted by atomic mass is 10.2. The maximum absolute atomic E-state index is 13.0. The summed E-state index contributed by atoms with van der Waals surface area (Å²) in [5.74, 6) is -3.77. The van der Waals surface area contributed by atoms with E-state index in [-0.39, 0.29) is 11.9 Å². The molecule has 1 fully saturated rings. The molecule has 2 N–H and O–H groups in total. The Labute approximate surface area is 110 Å². The van der Waals surface area contributed by atoms with Crippen molar-refractivity contribution in [3.63, 3.8) is 0 Å². The molecule has 0 bridgehead atoms. The minimum Gasteiger partial charge on any atom is -0.485 e. The number of carboxylic acid groups (broad SMARTS) is 1. The fraction of sp³-hybridized carbons (Fsp3) is 0.364. The van der Waals surface area contributed by atoms with E-state index in [1.54, 1.807) is 0 Å². The summed E-state index contributed by atoms with van der Waals surface area (Å²) < 4.78 is 62.6. The van der Waals surface area contributed by atoms with Gasteiger partial charge in [0, 0.05) is 19.2 Å². The van der Waals surface area contributed by atoms with Crippen LogP contribution in [0.4, 0.5) is 22.0 Å². The van der Waals surface area contributed by atoms with Gasteiger partial charge in [0.05, 0.1) is 0 Å². The van der Waals surface area contributed by atoms with Gasteiger partial charge in [-0.3, -0.25) is 0 Å². The molecule has 0 radical (unpaired) electrons. The van der Waals surface area contributed by atoms with Crippen LogP contribution < -0.4 is 10.1 Å². The molecule has 20 heavy (non-hydrogen) atoms. The van der Waals surface area contributed by atoms with Crippen LogP contribution in [-0.4, -0.2) is 36.4 Å². The minimum atomic E-state index is -5.08. The predicted molar refractivity (Wildman–Crippen MR) is 57.3 cm³/mol. The first-order chi connectivity index (χ1) is 9.20. The summed E-state index contributed by atoms with van der Waals surface area (Å²) in [5.41, 5.74) is 0. The van der Waals surface area contributed by atoms with Crippen molar-refractivity contribution in [3.8, 4) is 5.75 Å². The van der Waals surface area contributed by atoms with Gasteiger partial charge in [-0.1, -0.05) is 0 Å². The third-order valence-electron chi connectivity index (χ3n) is 2.17. The highest BCUT2D eigenvalue weighted by atomic mass is 19.4. The molecule has 1 saturated heterocycles. The van der Waals surface area contributed by atoms with Crippen LogP contribution in [0, 0.1) is 11.6 Å². The molecule has 1 heterocycles. The zero-order chi connectivity index (χ0) is 15.3. The van der Waals surface area contributed by atoms with Gasteiger partial charge in [0.1, 0.15) is 11.9 Å². The largest absolute Gasteiger partial charge is 0.490 e. The van der Waals surface area contributed by atoms with Crippen molar-refractivity contribution in [1.29, 1.82) is 0 Å². The molecule has 0 amide bonds. The first-order valence-corrected chi connectivity index (χ1v) is 5.32. The van der Waals surface area contributed by atoms with Crippen molar-refractivity contribution in [1.82, 2.24) is 5.32 Å². The molecule has 1 aromatic rings. The molecule has 0 atom stereocenters. The molecular weight excluding hydrogens is 289 g/mol. The van der Waals surface area contributed by atoms with E-state index >= 15 is 0 Å². The molecule has 1 aliphatic rings. The minimum absolute atomic E-state index is 0.00787. The summed E-state index contributed by atoms with van der Waals surface area (Å²) >= 11 is 0. The summed E-state index contributed by atoms with van der Waals surface area (Å²) in [6, 6.07) is 3.20. The van der Waals surface area contributed by atoms with Crippen LogP contribution in [0.25, 0.3) is 0 Å². The molecule has 0 saturated carbocycles. The standard InChI is InChI=1S/C9H9F2NO.C2HF3O2/c10-6-1-2-8(11)9(3-6)13-7-4-12-5-7;3-2(4,5)1(6)7/h1-3,7,12H,4-5H2;(H,6,7). The maximum atomic E-state index is 13.0. The van der Waals surface area contributed by atoms with Gasteiger partial charge >= 0.3 is 12.1 Å². The highest BCUT2D eigenvalue weighted by Crippen LogP contribution is 2.20. The van der Waals surface area contributed by atoms with E-state index in [2.05, 4.69) is 5.32 Å². The SMILES string of the molecule is Fc1ccc(F)c(OC2CNC2)c1.O=C(O)C(F)(F)F. The van der Waals surface area contributed by atoms with E-state index in [0.717, 1.165) is 18.2 Å². The van der Waals surface area contributed by atoms with E-state index in [9.17, 15) is 22.0 Å². The van der Waals surface area contributed by atoms with Crippen molar-refractivity contribution >= 4 is 5.97 Å². The number of aliphatic carboxylic acids is 1. The number of rotatable bonds is 2. The highest BCUT2D eigenvalue weighted by molar-refractivity contribution is 5.73. The fourth-order valence-electron chi connectivity index (χ4n) is 1.09. The molecule has 0 spiro atoms. The molecule has 1 aromatic carbocycles. The zero-order valence-corrected chi connectivity index (χ0v) is 9.88. The van der Waals surface area contributed by atoms with E-state index in [0.29, 0.717) is 13.1 Å². The Morgan fingerprint density at radius 3 is 2.25 bits per heavy atom. The molecule has 2 rings (SSSR count). The van der Waals surface area contributed by atoms with E-state index in [1.807, 2.05) is 0 Å². The average molecular weight is 299 g/mol. The Morgan fingerprint density at radius 2 is 1.85 bits per heavy atom. The lowest BCUT2D eigenvalue weighted by Gasteiger charge is -2.27. The van der Waals surface area contributed by atoms with E-state index in [4.69, 9.17) is 14.6 Å². The molecular formula is C11H10F5NO3. The monoisotopic (exact) mass is 299 g/mol. The van der Waals surface area contributed by atoms with Crippen LogP contribution in [-0.2, 0) is 4.79 Å². The van der Waals surface area contributed by atoms with E-state index < -0.39 is 23.8 Å². The quantitative estimate of drug-likeness (QED) is 0.820. The van der Waals surface area contributed by atoms with Crippen molar-refractivity contribution < 1.29 is 36.6 Å². The van der Waals surface area contributed by atoms with Crippen molar-refractivity contribution in [2.45, 2.75) is 12.3 Å². The van der Waals surface area contributed by atoms with Gasteiger partial charge < -0.3 is 15.2 Å². The molecule has 9 heteroatoms. The Balaban J connectivity index is 0.000000246. The van der Waals surface area contributed by atoms with Gasteiger partial charge in [-0.05, 0) is 12.1 Å². The number of ether oxygens (including phenoxy) is 1. The number of carboxylic acids is 1. The molecule has 0 aliphatic carbocycles. The van der Waals surface area contributed by atoms with E-state index in [1.165, 1.54) is 0 Å². The molecule has 0 aromatic heterocycles. The number of nitrogens with one attached hydrogen (secondary N) is 1. The average Bonchev–Trinajstić information content (AvgIpc) is 2.27. The number of hydrogen-bond acceptors (Lipinski definition) is 3. The summed E-state index contributed by atoms with van der Waals surface area (Å²) in [6.07, 6.45) is -5.11. The second kappa shape index (κ2) is 6.51. The second-order valence-corrected chi connectivity index (χ2v) is 3.78. The first-order valence-electron chi connectivity index (χ1n) is 5.32. The summed E-state index contributed by atoms with van der Waals surface area (Å²) in [4.78, 5) is 8.90. The molecule has 4 nitrogen and oxygen atoms in total. The van der Waals surface area contributed by atoms with Gasteiger partial charge in [-0.15, -0.1) is 0 Å². The van der Waals surface area contributed by atoms with Gasteiger partial charge in [0.25, 0.3) is 0 Å². The lowest BCUT2D eigenvalue weighted by Crippen LogP contribution is -2.50. The number of carbonyl (C=O) groups is 1. The number of alkyl halides is 3. The Hall–Kier alpha value is -1.90. The molecule has 0 unspecified atom stereocenters. The van der Waals surface area contributed by atoms with Crippen LogP contribution in [0.1, 0.15) is 0 Å². The molecule has 1 aliphatic heterocycles. The lowest BCUT2D eigenvalue weighted by molar-refractivity contribution is -0.192. The first kappa shape index (κ1) is 16.2. The number of halogens is 5. The van der Waals surface area contributed by atoms with Crippen molar-refractivity contribution in [2.24, 2.45) is 0 Å². The van der Waals surface area contributed by atoms with Crippen LogP contribution in [0.5, 0.6) is 5.75 Å². The van der Waals surface area contributed by atoms with Crippen LogP contribution in [0.3, 0.4) is 0 Å². The van der Waals surface area contributed by atoms with Gasteiger partial charge in [0.2, 0.25) is 0 Å². The van der Waals surface area contributed by atoms with Gasteiger partial charge in [-0.2, -0.15) is 13.2 Å². The molecule has 112 valence electrons. The summed E-state index contributed by atoms with van der Waals surface area (Å²) in [6.45, 7) is 1.38. The number of benzene rings is 1. The Bertz CT molecular complexity index is 474. The van der Waals surface area contributed by atoms with Crippen LogP contribution >= 0.6 is 0 Å². The van der Waals surface area contributed by atoms with Crippen molar-refractivity contribution in [2.75, 3.05) is 13.1 Å². The summed E-state index contributed by atoms with van der Waals surface area (Å²) in [5, 5.41) is 10.1. The predicted octanol–water partition coefficient (Wildman–Crippen LogP) is 1.95. The third kappa shape index (κ3) is 5.00. The fourth-order valence-corrected chi connectivity index (χ4v) is 1.09. The van der Waals surface area contributed by atoms with Gasteiger partial charge in [-0.25, -0.2) is 13.6 Å². The Morgan fingerprint density at radius 1 is 1.30 bits per heavy atom. The van der Waals surface area contributed by atoms with Crippen molar-refractivity contribution in [3.05, 3.63) is 29.8 Å². The topological polar surface area (TPSA) is 58.6 Å². The van der Waals surface area contributed by atoms with Crippen LogP contribution in [0.15, 0.2) is 18.2 Å². The second-order valence-electron chi connectivity index (χ2n) is 3.78. The Kier molecular flexibility index (Phi) is 5.26.